The molecule has 24 heteroatoms. The standard InChI is InChI=1S/C50H14F16N8/c51-35-31(36(52)44(60)71-43(35)59)29(32-37(53)45(61)72-46(62)38(32)54)27-21(15-7-3-1-4-8-15)17(11-67)23-19(13-69)26-24(20(14-70)25(23)27)18(12-68)22(16-9-5-2-6-10-16)28(26)30(33-39(55)47(63)73-48(64)40(33)56)34-41(57)49(65)74-50(66)42(34)58/h1-10,27-30H. The molecule has 366 valence electrons. The lowest BCUT2D eigenvalue weighted by Gasteiger charge is -2.32. The molecule has 0 saturated heterocycles. The summed E-state index contributed by atoms with van der Waals surface area (Å²) in [6.07, 6.45) is 0. The van der Waals surface area contributed by atoms with E-state index in [-0.39, 0.29) is 0 Å². The normalized spacial score (nSPS) is 14.8. The summed E-state index contributed by atoms with van der Waals surface area (Å²) in [6.45, 7) is 0. The fourth-order valence-corrected chi connectivity index (χ4v) is 9.87. The fraction of sp³-hybridized carbons (Fsp3) is 0.0800. The van der Waals surface area contributed by atoms with Crippen molar-refractivity contribution in [3.63, 3.8) is 0 Å². The second kappa shape index (κ2) is 18.3. The van der Waals surface area contributed by atoms with Crippen LogP contribution in [0.15, 0.2) is 60.7 Å². The van der Waals surface area contributed by atoms with E-state index < -0.39 is 207 Å². The largest absolute Gasteiger partial charge is 0.252 e. The van der Waals surface area contributed by atoms with Crippen molar-refractivity contribution in [1.82, 2.24) is 19.9 Å². The Kier molecular flexibility index (Phi) is 12.3. The Morgan fingerprint density at radius 3 is 0.770 bits per heavy atom. The average Bonchev–Trinajstić information content (AvgIpc) is 3.90. The van der Waals surface area contributed by atoms with Crippen molar-refractivity contribution in [3.8, 4) is 24.3 Å². The van der Waals surface area contributed by atoms with Crippen LogP contribution in [0.3, 0.4) is 0 Å². The molecule has 0 bridgehead atoms. The Labute approximate surface area is 402 Å². The van der Waals surface area contributed by atoms with Gasteiger partial charge in [-0.1, -0.05) is 60.7 Å². The maximum absolute atomic E-state index is 16.4. The van der Waals surface area contributed by atoms with Crippen molar-refractivity contribution >= 4 is 22.3 Å². The molecule has 0 aliphatic heterocycles. The molecule has 2 aliphatic carbocycles. The van der Waals surface area contributed by atoms with Crippen LogP contribution in [0.2, 0.25) is 0 Å². The van der Waals surface area contributed by atoms with Crippen LogP contribution in [0.4, 0.5) is 70.2 Å². The lowest BCUT2D eigenvalue weighted by Crippen LogP contribution is -2.25. The SMILES string of the molecule is N#CC1=C(c2ccccc2)C(C(c2c(F)c(F)nc(F)c2F)c2c(F)c(F)nc(F)c2F)c2c(C#N)c3c(c(C#N)c21)C(C(c1c(F)c(F)nc(F)c1F)c1c(F)c(F)nc(F)c1F)C(c1ccccc1)=C3C#N. The van der Waals surface area contributed by atoms with Crippen molar-refractivity contribution < 1.29 is 70.2 Å². The van der Waals surface area contributed by atoms with Gasteiger partial charge in [-0.05, 0) is 33.4 Å². The van der Waals surface area contributed by atoms with Crippen LogP contribution < -0.4 is 0 Å². The maximum Gasteiger partial charge on any atom is 0.252 e. The van der Waals surface area contributed by atoms with E-state index in [1.54, 1.807) is 24.3 Å². The Balaban J connectivity index is 1.58. The van der Waals surface area contributed by atoms with E-state index in [0.717, 1.165) is 24.3 Å². The zero-order chi connectivity index (χ0) is 53.5. The van der Waals surface area contributed by atoms with E-state index in [9.17, 15) is 21.0 Å². The molecule has 0 spiro atoms. The molecule has 0 N–H and O–H groups in total. The molecule has 4 heterocycles. The van der Waals surface area contributed by atoms with Gasteiger partial charge in [-0.25, -0.2) is 35.1 Å². The topological polar surface area (TPSA) is 147 Å². The second-order valence-electron chi connectivity index (χ2n) is 15.9. The third-order valence-electron chi connectivity index (χ3n) is 12.5. The molecule has 2 unspecified atom stereocenters. The number of allylic oxidation sites excluding steroid dienone is 4. The number of rotatable bonds is 8. The zero-order valence-electron chi connectivity index (χ0n) is 35.7. The second-order valence-corrected chi connectivity index (χ2v) is 15.9. The van der Waals surface area contributed by atoms with E-state index in [2.05, 4.69) is 19.9 Å². The minimum absolute atomic E-state index is 0.413. The number of fused-ring (bicyclic) bond motifs is 2. The van der Waals surface area contributed by atoms with Gasteiger partial charge in [0.05, 0.1) is 22.3 Å². The molecule has 9 rings (SSSR count). The minimum Gasteiger partial charge on any atom is -0.201 e. The monoisotopic (exact) mass is 1030 g/mol. The molecule has 0 amide bonds. The molecule has 7 aromatic rings. The first kappa shape index (κ1) is 49.6. The number of nitriles is 4. The third-order valence-corrected chi connectivity index (χ3v) is 12.5. The van der Waals surface area contributed by atoms with E-state index in [1.165, 1.54) is 36.4 Å². The van der Waals surface area contributed by atoms with Crippen molar-refractivity contribution in [3.05, 3.63) is 222 Å². The van der Waals surface area contributed by atoms with E-state index in [0.29, 0.717) is 0 Å². The summed E-state index contributed by atoms with van der Waals surface area (Å²) >= 11 is 0. The van der Waals surface area contributed by atoms with Crippen LogP contribution in [0.5, 0.6) is 0 Å². The highest BCUT2D eigenvalue weighted by atomic mass is 19.2. The summed E-state index contributed by atoms with van der Waals surface area (Å²) in [7, 11) is 0. The Hall–Kier alpha value is -9.42. The van der Waals surface area contributed by atoms with Gasteiger partial charge in [0.1, 0.15) is 24.3 Å². The highest BCUT2D eigenvalue weighted by Gasteiger charge is 2.53. The lowest BCUT2D eigenvalue weighted by atomic mass is 9.69. The molecule has 0 radical (unpaired) electrons. The molecule has 2 atom stereocenters. The fourth-order valence-electron chi connectivity index (χ4n) is 9.87. The number of benzene rings is 3. The van der Waals surface area contributed by atoms with Gasteiger partial charge >= 0.3 is 0 Å². The van der Waals surface area contributed by atoms with E-state index >= 15 is 70.2 Å². The smallest absolute Gasteiger partial charge is 0.201 e. The minimum atomic E-state index is -3.32. The van der Waals surface area contributed by atoms with Gasteiger partial charge in [-0.3, -0.25) is 0 Å². The number of hydrogen-bond donors (Lipinski definition) is 0. The first-order valence-corrected chi connectivity index (χ1v) is 20.5. The number of aromatic nitrogens is 4. The van der Waals surface area contributed by atoms with Crippen molar-refractivity contribution in [1.29, 1.82) is 21.0 Å². The summed E-state index contributed by atoms with van der Waals surface area (Å²) in [5, 5.41) is 45.0. The maximum atomic E-state index is 16.4. The molecule has 74 heavy (non-hydrogen) atoms. The van der Waals surface area contributed by atoms with Crippen LogP contribution in [0.25, 0.3) is 22.3 Å². The summed E-state index contributed by atoms with van der Waals surface area (Å²) in [6, 6.07) is 17.9. The molecule has 4 aromatic heterocycles. The molecule has 0 saturated carbocycles. The van der Waals surface area contributed by atoms with Gasteiger partial charge in [0.2, 0.25) is 0 Å². The molecular weight excluding hydrogens is 1020 g/mol. The quantitative estimate of drug-likeness (QED) is 0.108. The van der Waals surface area contributed by atoms with Crippen LogP contribution >= 0.6 is 0 Å². The highest BCUT2D eigenvalue weighted by Crippen LogP contribution is 2.64. The van der Waals surface area contributed by atoms with Gasteiger partial charge < -0.3 is 0 Å². The van der Waals surface area contributed by atoms with Crippen LogP contribution in [0.1, 0.15) is 90.4 Å². The Morgan fingerprint density at radius 2 is 0.568 bits per heavy atom. The predicted molar refractivity (Wildman–Crippen MR) is 219 cm³/mol. The van der Waals surface area contributed by atoms with Crippen LogP contribution in [-0.2, 0) is 0 Å². The van der Waals surface area contributed by atoms with Gasteiger partial charge in [0.15, 0.2) is 46.5 Å². The number of pyridine rings is 4. The highest BCUT2D eigenvalue weighted by molar-refractivity contribution is 6.13. The first-order valence-electron chi connectivity index (χ1n) is 20.5. The number of halogens is 16. The van der Waals surface area contributed by atoms with Gasteiger partial charge in [0, 0.05) is 57.1 Å². The average molecular weight is 1030 g/mol. The van der Waals surface area contributed by atoms with Gasteiger partial charge in [0.25, 0.3) is 47.6 Å². The zero-order valence-corrected chi connectivity index (χ0v) is 35.7. The van der Waals surface area contributed by atoms with Crippen molar-refractivity contribution in [2.45, 2.75) is 23.7 Å². The molecule has 0 fully saturated rings. The molecule has 2 aliphatic rings. The first-order chi connectivity index (χ1) is 35.3. The molecule has 3 aromatic carbocycles. The number of hydrogen-bond acceptors (Lipinski definition) is 8. The Morgan fingerprint density at radius 1 is 0.338 bits per heavy atom. The van der Waals surface area contributed by atoms with Gasteiger partial charge in [-0.15, -0.1) is 0 Å². The summed E-state index contributed by atoms with van der Waals surface area (Å²) < 4.78 is 254. The van der Waals surface area contributed by atoms with Crippen LogP contribution in [0, 0.1) is 139 Å². The van der Waals surface area contributed by atoms with E-state index in [4.69, 9.17) is 0 Å². The van der Waals surface area contributed by atoms with Crippen LogP contribution in [-0.4, -0.2) is 19.9 Å². The Bertz CT molecular complexity index is 3410. The van der Waals surface area contributed by atoms with Crippen molar-refractivity contribution in [2.75, 3.05) is 0 Å². The third kappa shape index (κ3) is 7.12. The van der Waals surface area contributed by atoms with Crippen molar-refractivity contribution in [2.24, 2.45) is 0 Å². The number of nitrogens with zero attached hydrogens (tertiary/aromatic N) is 8. The van der Waals surface area contributed by atoms with Gasteiger partial charge in [-0.2, -0.15) is 76.1 Å². The predicted octanol–water partition coefficient (Wildman–Crippen LogP) is 12.0. The summed E-state index contributed by atoms with van der Waals surface area (Å²) in [4.78, 5) is 9.66. The van der Waals surface area contributed by atoms with E-state index in [1.807, 2.05) is 0 Å². The lowest BCUT2D eigenvalue weighted by molar-refractivity contribution is 0.369. The molecular formula is C50H14F16N8. The summed E-state index contributed by atoms with van der Waals surface area (Å²) in [5.41, 5.74) is -20.1. The summed E-state index contributed by atoms with van der Waals surface area (Å²) in [5.74, 6) is -53.5. The molecule has 8 nitrogen and oxygen atoms in total.